The number of piperazine rings is 1. The SMILES string of the molecule is CCOC(=O)N1CCN(C(=O)NC(C)Oc2ccc(Cl)cc2)CC1. The first-order valence-electron chi connectivity index (χ1n) is 7.89. The number of halogens is 1. The molecule has 2 rings (SSSR count). The molecule has 1 unspecified atom stereocenters. The third-order valence-corrected chi connectivity index (χ3v) is 3.80. The fourth-order valence-electron chi connectivity index (χ4n) is 2.32. The summed E-state index contributed by atoms with van der Waals surface area (Å²) >= 11 is 5.82. The van der Waals surface area contributed by atoms with Crippen LogP contribution in [-0.4, -0.2) is 60.9 Å². The zero-order chi connectivity index (χ0) is 17.5. The summed E-state index contributed by atoms with van der Waals surface area (Å²) in [6.07, 6.45) is -0.821. The number of ether oxygens (including phenoxy) is 2. The molecular weight excluding hydrogens is 334 g/mol. The number of carbonyl (C=O) groups is 2. The third-order valence-electron chi connectivity index (χ3n) is 3.55. The van der Waals surface area contributed by atoms with Crippen molar-refractivity contribution < 1.29 is 19.1 Å². The second-order valence-electron chi connectivity index (χ2n) is 5.34. The number of hydrogen-bond donors (Lipinski definition) is 1. The molecule has 0 aliphatic carbocycles. The predicted molar refractivity (Wildman–Crippen MR) is 90.2 cm³/mol. The zero-order valence-electron chi connectivity index (χ0n) is 13.8. The summed E-state index contributed by atoms with van der Waals surface area (Å²) in [4.78, 5) is 27.1. The van der Waals surface area contributed by atoms with Gasteiger partial charge in [0.05, 0.1) is 6.61 Å². The lowest BCUT2D eigenvalue weighted by Gasteiger charge is -2.34. The molecule has 0 bridgehead atoms. The quantitative estimate of drug-likeness (QED) is 0.842. The maximum atomic E-state index is 12.2. The molecule has 1 fully saturated rings. The second-order valence-corrected chi connectivity index (χ2v) is 5.77. The Hall–Kier alpha value is -2.15. The van der Waals surface area contributed by atoms with Crippen molar-refractivity contribution in [1.82, 2.24) is 15.1 Å². The molecule has 0 spiro atoms. The van der Waals surface area contributed by atoms with Crippen LogP contribution in [0.2, 0.25) is 5.02 Å². The van der Waals surface area contributed by atoms with Crippen molar-refractivity contribution in [1.29, 1.82) is 0 Å². The summed E-state index contributed by atoms with van der Waals surface area (Å²) in [6.45, 7) is 5.69. The molecular formula is C16H22ClN3O4. The molecule has 1 atom stereocenters. The van der Waals surface area contributed by atoms with Crippen LogP contribution in [0.4, 0.5) is 9.59 Å². The number of rotatable bonds is 4. The van der Waals surface area contributed by atoms with E-state index in [4.69, 9.17) is 21.1 Å². The normalized spacial score (nSPS) is 15.6. The van der Waals surface area contributed by atoms with Gasteiger partial charge in [0.15, 0.2) is 6.23 Å². The number of urea groups is 1. The summed E-state index contributed by atoms with van der Waals surface area (Å²) in [5.41, 5.74) is 0. The van der Waals surface area contributed by atoms with Gasteiger partial charge in [-0.15, -0.1) is 0 Å². The molecule has 0 radical (unpaired) electrons. The highest BCUT2D eigenvalue weighted by Gasteiger charge is 2.25. The maximum Gasteiger partial charge on any atom is 0.409 e. The van der Waals surface area contributed by atoms with E-state index >= 15 is 0 Å². The molecule has 1 aliphatic heterocycles. The maximum absolute atomic E-state index is 12.2. The topological polar surface area (TPSA) is 71.1 Å². The van der Waals surface area contributed by atoms with E-state index in [2.05, 4.69) is 5.32 Å². The Bertz CT molecular complexity index is 559. The lowest BCUT2D eigenvalue weighted by molar-refractivity contribution is 0.0821. The summed E-state index contributed by atoms with van der Waals surface area (Å²) in [5.74, 6) is 0.624. The molecule has 1 N–H and O–H groups in total. The zero-order valence-corrected chi connectivity index (χ0v) is 14.6. The minimum atomic E-state index is -0.484. The number of hydrogen-bond acceptors (Lipinski definition) is 4. The molecule has 132 valence electrons. The summed E-state index contributed by atoms with van der Waals surface area (Å²) < 4.78 is 10.6. The Kier molecular flexibility index (Phi) is 6.54. The summed E-state index contributed by atoms with van der Waals surface area (Å²) in [5, 5.41) is 3.40. The molecule has 1 saturated heterocycles. The van der Waals surface area contributed by atoms with Crippen LogP contribution in [-0.2, 0) is 4.74 Å². The minimum Gasteiger partial charge on any atom is -0.471 e. The Morgan fingerprint density at radius 2 is 1.75 bits per heavy atom. The van der Waals surface area contributed by atoms with Crippen molar-refractivity contribution in [3.63, 3.8) is 0 Å². The Morgan fingerprint density at radius 3 is 2.33 bits per heavy atom. The van der Waals surface area contributed by atoms with Gasteiger partial charge in [-0.2, -0.15) is 0 Å². The fourth-order valence-corrected chi connectivity index (χ4v) is 2.44. The predicted octanol–water partition coefficient (Wildman–Crippen LogP) is 2.55. The smallest absolute Gasteiger partial charge is 0.409 e. The van der Waals surface area contributed by atoms with Crippen LogP contribution in [0.3, 0.4) is 0 Å². The highest BCUT2D eigenvalue weighted by atomic mass is 35.5. The van der Waals surface area contributed by atoms with Gasteiger partial charge in [-0.3, -0.25) is 0 Å². The first kappa shape index (κ1) is 18.2. The molecule has 24 heavy (non-hydrogen) atoms. The number of nitrogens with zero attached hydrogens (tertiary/aromatic N) is 2. The van der Waals surface area contributed by atoms with E-state index in [0.29, 0.717) is 43.6 Å². The molecule has 1 aliphatic rings. The molecule has 1 heterocycles. The number of benzene rings is 1. The Balaban J connectivity index is 1.76. The molecule has 1 aromatic rings. The van der Waals surface area contributed by atoms with Gasteiger partial charge >= 0.3 is 12.1 Å². The van der Waals surface area contributed by atoms with Gasteiger partial charge in [0, 0.05) is 31.2 Å². The van der Waals surface area contributed by atoms with E-state index in [1.807, 2.05) is 0 Å². The first-order valence-corrected chi connectivity index (χ1v) is 8.26. The van der Waals surface area contributed by atoms with Gasteiger partial charge in [0.1, 0.15) is 5.75 Å². The largest absolute Gasteiger partial charge is 0.471 e. The van der Waals surface area contributed by atoms with Gasteiger partial charge in [-0.05, 0) is 38.1 Å². The van der Waals surface area contributed by atoms with Crippen LogP contribution in [0.25, 0.3) is 0 Å². The van der Waals surface area contributed by atoms with E-state index in [-0.39, 0.29) is 12.1 Å². The Labute approximate surface area is 146 Å². The van der Waals surface area contributed by atoms with E-state index in [9.17, 15) is 9.59 Å². The van der Waals surface area contributed by atoms with Crippen molar-refractivity contribution in [3.05, 3.63) is 29.3 Å². The van der Waals surface area contributed by atoms with Crippen LogP contribution in [0.5, 0.6) is 5.75 Å². The fraction of sp³-hybridized carbons (Fsp3) is 0.500. The minimum absolute atomic E-state index is 0.222. The third kappa shape index (κ3) is 5.19. The van der Waals surface area contributed by atoms with Crippen molar-refractivity contribution in [3.8, 4) is 5.75 Å². The van der Waals surface area contributed by atoms with Crippen molar-refractivity contribution in [2.24, 2.45) is 0 Å². The van der Waals surface area contributed by atoms with Crippen LogP contribution in [0.1, 0.15) is 13.8 Å². The van der Waals surface area contributed by atoms with E-state index in [1.165, 1.54) is 0 Å². The van der Waals surface area contributed by atoms with E-state index < -0.39 is 6.23 Å². The molecule has 7 nitrogen and oxygen atoms in total. The van der Waals surface area contributed by atoms with Gasteiger partial charge in [0.2, 0.25) is 0 Å². The average molecular weight is 356 g/mol. The first-order chi connectivity index (χ1) is 11.5. The van der Waals surface area contributed by atoms with Crippen LogP contribution >= 0.6 is 11.6 Å². The number of carbonyl (C=O) groups excluding carboxylic acids is 2. The van der Waals surface area contributed by atoms with Gasteiger partial charge in [-0.25, -0.2) is 9.59 Å². The van der Waals surface area contributed by atoms with Crippen LogP contribution in [0, 0.1) is 0 Å². The summed E-state index contributed by atoms with van der Waals surface area (Å²) in [6, 6.07) is 6.70. The molecule has 3 amide bonds. The molecule has 1 aromatic carbocycles. The van der Waals surface area contributed by atoms with E-state index in [0.717, 1.165) is 0 Å². The van der Waals surface area contributed by atoms with Gasteiger partial charge in [-0.1, -0.05) is 11.6 Å². The van der Waals surface area contributed by atoms with Crippen molar-refractivity contribution in [2.75, 3.05) is 32.8 Å². The van der Waals surface area contributed by atoms with Crippen LogP contribution < -0.4 is 10.1 Å². The molecule has 0 aromatic heterocycles. The number of amides is 3. The standard InChI is InChI=1S/C16H22ClN3O4/c1-3-23-16(22)20-10-8-19(9-11-20)15(21)18-12(2)24-14-6-4-13(17)5-7-14/h4-7,12H,3,8-11H2,1-2H3,(H,18,21). The lowest BCUT2D eigenvalue weighted by Crippen LogP contribution is -2.54. The molecule has 0 saturated carbocycles. The average Bonchev–Trinajstić information content (AvgIpc) is 2.57. The van der Waals surface area contributed by atoms with Gasteiger partial charge in [0.25, 0.3) is 0 Å². The lowest BCUT2D eigenvalue weighted by atomic mass is 10.3. The highest BCUT2D eigenvalue weighted by Crippen LogP contribution is 2.16. The Morgan fingerprint density at radius 1 is 1.17 bits per heavy atom. The number of nitrogens with one attached hydrogen (secondary N) is 1. The van der Waals surface area contributed by atoms with Gasteiger partial charge < -0.3 is 24.6 Å². The molecule has 8 heteroatoms. The van der Waals surface area contributed by atoms with Crippen LogP contribution in [0.15, 0.2) is 24.3 Å². The highest BCUT2D eigenvalue weighted by molar-refractivity contribution is 6.30. The van der Waals surface area contributed by atoms with Crippen molar-refractivity contribution >= 4 is 23.7 Å². The monoisotopic (exact) mass is 355 g/mol. The van der Waals surface area contributed by atoms with Crippen molar-refractivity contribution in [2.45, 2.75) is 20.1 Å². The van der Waals surface area contributed by atoms with E-state index in [1.54, 1.807) is 47.9 Å². The summed E-state index contributed by atoms with van der Waals surface area (Å²) in [7, 11) is 0. The second kappa shape index (κ2) is 8.63.